The van der Waals surface area contributed by atoms with Crippen LogP contribution in [0.1, 0.15) is 23.6 Å². The zero-order chi connectivity index (χ0) is 11.6. The molecule has 1 N–H and O–H groups in total. The van der Waals surface area contributed by atoms with Crippen LogP contribution < -0.4 is 0 Å². The van der Waals surface area contributed by atoms with Gasteiger partial charge in [-0.25, -0.2) is 0 Å². The second-order valence-corrected chi connectivity index (χ2v) is 4.83. The molecule has 0 aromatic heterocycles. The van der Waals surface area contributed by atoms with Crippen molar-refractivity contribution in [1.29, 1.82) is 0 Å². The third-order valence-corrected chi connectivity index (χ3v) is 3.42. The maximum atomic E-state index is 10.8. The lowest BCUT2D eigenvalue weighted by molar-refractivity contribution is -0.141. The third kappa shape index (κ3) is 3.06. The van der Waals surface area contributed by atoms with E-state index in [0.717, 1.165) is 21.2 Å². The first-order valence-corrected chi connectivity index (χ1v) is 5.69. The van der Waals surface area contributed by atoms with Crippen molar-refractivity contribution in [3.8, 4) is 0 Å². The van der Waals surface area contributed by atoms with Crippen LogP contribution in [0, 0.1) is 19.8 Å². The van der Waals surface area contributed by atoms with Crippen LogP contribution in [0.15, 0.2) is 16.6 Å². The van der Waals surface area contributed by atoms with Crippen LogP contribution in [0.4, 0.5) is 0 Å². The lowest BCUT2D eigenvalue weighted by Crippen LogP contribution is -2.13. The molecule has 0 aliphatic heterocycles. The third-order valence-electron chi connectivity index (χ3n) is 2.56. The summed E-state index contributed by atoms with van der Waals surface area (Å²) in [6, 6.07) is 4.10. The molecule has 0 spiro atoms. The molecule has 3 heteroatoms. The number of halogens is 1. The van der Waals surface area contributed by atoms with Gasteiger partial charge in [-0.15, -0.1) is 0 Å². The summed E-state index contributed by atoms with van der Waals surface area (Å²) in [6.07, 6.45) is 0.593. The van der Waals surface area contributed by atoms with Gasteiger partial charge in [-0.2, -0.15) is 0 Å². The molecule has 0 fully saturated rings. The van der Waals surface area contributed by atoms with E-state index in [-0.39, 0.29) is 5.92 Å². The fourth-order valence-corrected chi connectivity index (χ4v) is 1.94. The van der Waals surface area contributed by atoms with Crippen molar-refractivity contribution in [2.24, 2.45) is 5.92 Å². The van der Waals surface area contributed by atoms with Gasteiger partial charge in [-0.05, 0) is 43.0 Å². The van der Waals surface area contributed by atoms with Gasteiger partial charge in [0.1, 0.15) is 0 Å². The molecule has 1 rings (SSSR count). The molecule has 1 atom stereocenters. The molecule has 2 nitrogen and oxygen atoms in total. The number of carboxylic acid groups (broad SMARTS) is 1. The molecule has 1 unspecified atom stereocenters. The van der Waals surface area contributed by atoms with Gasteiger partial charge in [-0.1, -0.05) is 28.9 Å². The number of hydrogen-bond donors (Lipinski definition) is 1. The minimum Gasteiger partial charge on any atom is -0.481 e. The number of carbonyl (C=O) groups is 1. The Labute approximate surface area is 98.4 Å². The van der Waals surface area contributed by atoms with Crippen LogP contribution in [-0.2, 0) is 11.2 Å². The Morgan fingerprint density at radius 2 is 2.00 bits per heavy atom. The smallest absolute Gasteiger partial charge is 0.306 e. The van der Waals surface area contributed by atoms with Gasteiger partial charge in [0.05, 0.1) is 5.92 Å². The largest absolute Gasteiger partial charge is 0.481 e. The molecule has 0 saturated heterocycles. The molecule has 0 amide bonds. The van der Waals surface area contributed by atoms with Gasteiger partial charge >= 0.3 is 5.97 Å². The second-order valence-electron chi connectivity index (χ2n) is 3.97. The zero-order valence-corrected chi connectivity index (χ0v) is 10.8. The van der Waals surface area contributed by atoms with Gasteiger partial charge in [0.25, 0.3) is 0 Å². The Kier molecular flexibility index (Phi) is 3.91. The minimum absolute atomic E-state index is 0.329. The minimum atomic E-state index is -0.741. The molecular formula is C12H15BrO2. The first-order chi connectivity index (χ1) is 6.91. The van der Waals surface area contributed by atoms with Crippen molar-refractivity contribution < 1.29 is 9.90 Å². The van der Waals surface area contributed by atoms with E-state index in [0.29, 0.717) is 6.42 Å². The SMILES string of the molecule is Cc1cc(CC(C)C(=O)O)c(C)cc1Br. The van der Waals surface area contributed by atoms with E-state index in [1.165, 1.54) is 0 Å². The molecule has 1 aromatic carbocycles. The Morgan fingerprint density at radius 3 is 2.53 bits per heavy atom. The summed E-state index contributed by atoms with van der Waals surface area (Å²) in [6.45, 7) is 5.76. The fraction of sp³-hybridized carbons (Fsp3) is 0.417. The maximum absolute atomic E-state index is 10.8. The highest BCUT2D eigenvalue weighted by molar-refractivity contribution is 9.10. The first kappa shape index (κ1) is 12.2. The molecular weight excluding hydrogens is 256 g/mol. The monoisotopic (exact) mass is 270 g/mol. The average Bonchev–Trinajstić information content (AvgIpc) is 2.13. The Balaban J connectivity index is 2.95. The van der Waals surface area contributed by atoms with Gasteiger partial charge < -0.3 is 5.11 Å². The number of aryl methyl sites for hydroxylation is 2. The standard InChI is InChI=1S/C12H15BrO2/c1-7-6-11(13)8(2)4-10(7)5-9(3)12(14)15/h4,6,9H,5H2,1-3H3,(H,14,15). The summed E-state index contributed by atoms with van der Waals surface area (Å²) >= 11 is 3.46. The van der Waals surface area contributed by atoms with Gasteiger partial charge in [0, 0.05) is 4.47 Å². The summed E-state index contributed by atoms with van der Waals surface area (Å²) in [4.78, 5) is 10.8. The van der Waals surface area contributed by atoms with E-state index in [2.05, 4.69) is 22.0 Å². The number of rotatable bonds is 3. The molecule has 1 aromatic rings. The summed E-state index contributed by atoms with van der Waals surface area (Å²) in [5.74, 6) is -1.07. The van der Waals surface area contributed by atoms with Crippen LogP contribution in [0.25, 0.3) is 0 Å². The highest BCUT2D eigenvalue weighted by Gasteiger charge is 2.13. The van der Waals surface area contributed by atoms with Crippen molar-refractivity contribution in [2.45, 2.75) is 27.2 Å². The Hall–Kier alpha value is -0.830. The lowest BCUT2D eigenvalue weighted by Gasteiger charge is -2.11. The van der Waals surface area contributed by atoms with Crippen molar-refractivity contribution in [3.63, 3.8) is 0 Å². The van der Waals surface area contributed by atoms with E-state index in [9.17, 15) is 4.79 Å². The quantitative estimate of drug-likeness (QED) is 0.915. The van der Waals surface area contributed by atoms with Crippen LogP contribution in [0.2, 0.25) is 0 Å². The normalized spacial score (nSPS) is 12.5. The van der Waals surface area contributed by atoms with Gasteiger partial charge in [0.15, 0.2) is 0 Å². The van der Waals surface area contributed by atoms with E-state index >= 15 is 0 Å². The summed E-state index contributed by atoms with van der Waals surface area (Å²) < 4.78 is 1.08. The van der Waals surface area contributed by atoms with Gasteiger partial charge in [-0.3, -0.25) is 4.79 Å². The molecule has 0 aliphatic rings. The van der Waals surface area contributed by atoms with Crippen molar-refractivity contribution in [3.05, 3.63) is 33.3 Å². The number of carboxylic acids is 1. The number of aliphatic carboxylic acids is 1. The Morgan fingerprint density at radius 1 is 1.40 bits per heavy atom. The molecule has 82 valence electrons. The summed E-state index contributed by atoms with van der Waals surface area (Å²) in [5, 5.41) is 8.85. The number of benzene rings is 1. The Bertz CT molecular complexity index is 385. The average molecular weight is 271 g/mol. The van der Waals surface area contributed by atoms with E-state index < -0.39 is 5.97 Å². The molecule has 15 heavy (non-hydrogen) atoms. The maximum Gasteiger partial charge on any atom is 0.306 e. The summed E-state index contributed by atoms with van der Waals surface area (Å²) in [5.41, 5.74) is 3.40. The van der Waals surface area contributed by atoms with Crippen molar-refractivity contribution >= 4 is 21.9 Å². The highest BCUT2D eigenvalue weighted by Crippen LogP contribution is 2.23. The van der Waals surface area contributed by atoms with Gasteiger partial charge in [0.2, 0.25) is 0 Å². The van der Waals surface area contributed by atoms with E-state index in [1.807, 2.05) is 19.9 Å². The van der Waals surface area contributed by atoms with E-state index in [1.54, 1.807) is 6.92 Å². The van der Waals surface area contributed by atoms with Crippen molar-refractivity contribution in [2.75, 3.05) is 0 Å². The topological polar surface area (TPSA) is 37.3 Å². The van der Waals surface area contributed by atoms with Crippen molar-refractivity contribution in [1.82, 2.24) is 0 Å². The molecule has 0 bridgehead atoms. The van der Waals surface area contributed by atoms with Crippen LogP contribution in [0.5, 0.6) is 0 Å². The lowest BCUT2D eigenvalue weighted by atomic mass is 9.96. The fourth-order valence-electron chi connectivity index (χ4n) is 1.48. The molecule has 0 heterocycles. The van der Waals surface area contributed by atoms with E-state index in [4.69, 9.17) is 5.11 Å². The highest BCUT2D eigenvalue weighted by atomic mass is 79.9. The second kappa shape index (κ2) is 4.79. The first-order valence-electron chi connectivity index (χ1n) is 4.90. The zero-order valence-electron chi connectivity index (χ0n) is 9.17. The predicted octanol–water partition coefficient (Wildman–Crippen LogP) is 3.33. The van der Waals surface area contributed by atoms with Crippen LogP contribution in [-0.4, -0.2) is 11.1 Å². The van der Waals surface area contributed by atoms with Crippen LogP contribution in [0.3, 0.4) is 0 Å². The number of hydrogen-bond acceptors (Lipinski definition) is 1. The summed E-state index contributed by atoms with van der Waals surface area (Å²) in [7, 11) is 0. The molecule has 0 radical (unpaired) electrons. The molecule has 0 aliphatic carbocycles. The van der Waals surface area contributed by atoms with Crippen LogP contribution >= 0.6 is 15.9 Å². The molecule has 0 saturated carbocycles. The predicted molar refractivity (Wildman–Crippen MR) is 64.1 cm³/mol.